The number of aromatic nitrogens is 1. The fourth-order valence-corrected chi connectivity index (χ4v) is 6.47. The maximum absolute atomic E-state index is 13.4. The molecule has 2 aromatic carbocycles. The van der Waals surface area contributed by atoms with E-state index in [1.807, 2.05) is 71.1 Å². The van der Waals surface area contributed by atoms with Gasteiger partial charge in [0.1, 0.15) is 23.5 Å². The molecule has 3 aromatic heterocycles. The summed E-state index contributed by atoms with van der Waals surface area (Å²) in [5.74, 6) is -0.444. The lowest BCUT2D eigenvalue weighted by Crippen LogP contribution is -2.40. The van der Waals surface area contributed by atoms with Crippen molar-refractivity contribution in [3.8, 4) is 16.9 Å². The molecular formula is C36H41NO6Si. The number of benzene rings is 2. The van der Waals surface area contributed by atoms with Gasteiger partial charge in [0.2, 0.25) is 0 Å². The van der Waals surface area contributed by atoms with Crippen molar-refractivity contribution in [2.24, 2.45) is 0 Å². The second kappa shape index (κ2) is 12.1. The molecule has 3 heterocycles. The summed E-state index contributed by atoms with van der Waals surface area (Å²) in [6.45, 7) is 14.1. The lowest BCUT2D eigenvalue weighted by Gasteiger charge is -2.36. The summed E-state index contributed by atoms with van der Waals surface area (Å²) in [6.07, 6.45) is 0.698. The largest absolute Gasteiger partial charge is 0.489 e. The summed E-state index contributed by atoms with van der Waals surface area (Å²) in [5, 5.41) is 0.0467. The number of ether oxygens (including phenoxy) is 3. The third-order valence-corrected chi connectivity index (χ3v) is 13.4. The number of hydrogen-bond acceptors (Lipinski definition) is 6. The zero-order chi connectivity index (χ0) is 31.8. The van der Waals surface area contributed by atoms with Gasteiger partial charge in [-0.25, -0.2) is 9.59 Å². The Bertz CT molecular complexity index is 1800. The molecule has 5 aromatic rings. The van der Waals surface area contributed by atoms with Gasteiger partial charge in [-0.1, -0.05) is 76.2 Å². The van der Waals surface area contributed by atoms with Gasteiger partial charge < -0.3 is 23.0 Å². The van der Waals surface area contributed by atoms with Crippen LogP contribution in [-0.2, 0) is 33.5 Å². The van der Waals surface area contributed by atoms with E-state index >= 15 is 0 Å². The monoisotopic (exact) mass is 611 g/mol. The van der Waals surface area contributed by atoms with Gasteiger partial charge in [0.15, 0.2) is 8.32 Å². The van der Waals surface area contributed by atoms with Crippen LogP contribution < -0.4 is 4.74 Å². The van der Waals surface area contributed by atoms with Crippen LogP contribution in [0.3, 0.4) is 0 Å². The second-order valence-corrected chi connectivity index (χ2v) is 17.4. The van der Waals surface area contributed by atoms with E-state index in [1.54, 1.807) is 0 Å². The van der Waals surface area contributed by atoms with Crippen LogP contribution in [0.1, 0.15) is 65.1 Å². The standard InChI is InChI=1S/C36H41NO6Si/c1-9-27-29(24-15-18-26(19-16-24)42-21-23-13-11-10-12-14-23)33-31(35(39)41-6)30(34(38)40-5)28-20-17-25(32(27)37(28)33)22-43-44(7,8)36(2,3)4/h10-20H,9,21-22H2,1-8H3. The molecule has 0 aliphatic heterocycles. The van der Waals surface area contributed by atoms with Crippen molar-refractivity contribution >= 4 is 36.8 Å². The van der Waals surface area contributed by atoms with Crippen LogP contribution in [0.2, 0.25) is 18.1 Å². The van der Waals surface area contributed by atoms with Crippen molar-refractivity contribution in [3.63, 3.8) is 0 Å². The lowest BCUT2D eigenvalue weighted by molar-refractivity contribution is 0.0559. The summed E-state index contributed by atoms with van der Waals surface area (Å²) >= 11 is 0. The molecule has 0 unspecified atom stereocenters. The smallest absolute Gasteiger partial charge is 0.340 e. The number of nitrogens with zero attached hydrogens (tertiary/aromatic N) is 1. The Morgan fingerprint density at radius 1 is 0.795 bits per heavy atom. The van der Waals surface area contributed by atoms with Gasteiger partial charge >= 0.3 is 11.9 Å². The first-order chi connectivity index (χ1) is 20.9. The first kappa shape index (κ1) is 31.3. The van der Waals surface area contributed by atoms with Gasteiger partial charge in [-0.05, 0) is 59.4 Å². The molecule has 0 fully saturated rings. The predicted octanol–water partition coefficient (Wildman–Crippen LogP) is 8.43. The lowest BCUT2D eigenvalue weighted by atomic mass is 9.95. The normalized spacial score (nSPS) is 12.2. The van der Waals surface area contributed by atoms with Crippen molar-refractivity contribution in [2.45, 2.75) is 65.5 Å². The number of rotatable bonds is 10. The highest BCUT2D eigenvalue weighted by Crippen LogP contribution is 2.44. The minimum Gasteiger partial charge on any atom is -0.489 e. The van der Waals surface area contributed by atoms with Gasteiger partial charge in [-0.2, -0.15) is 0 Å². The van der Waals surface area contributed by atoms with Crippen LogP contribution in [-0.4, -0.2) is 38.9 Å². The van der Waals surface area contributed by atoms with Crippen LogP contribution in [0.25, 0.3) is 27.7 Å². The molecule has 44 heavy (non-hydrogen) atoms. The van der Waals surface area contributed by atoms with E-state index in [4.69, 9.17) is 18.6 Å². The molecule has 0 N–H and O–H groups in total. The van der Waals surface area contributed by atoms with Crippen molar-refractivity contribution in [3.05, 3.63) is 94.5 Å². The zero-order valence-corrected chi connectivity index (χ0v) is 27.9. The maximum Gasteiger partial charge on any atom is 0.340 e. The minimum absolute atomic E-state index is 0.0467. The Kier molecular flexibility index (Phi) is 8.60. The fourth-order valence-electron chi connectivity index (χ4n) is 5.52. The second-order valence-electron chi connectivity index (χ2n) is 12.6. The average Bonchev–Trinajstić information content (AvgIpc) is 3.54. The van der Waals surface area contributed by atoms with E-state index in [0.29, 0.717) is 30.7 Å². The van der Waals surface area contributed by atoms with Crippen LogP contribution in [0.15, 0.2) is 66.7 Å². The Hall–Kier alpha value is -4.14. The van der Waals surface area contributed by atoms with Gasteiger partial charge in [0, 0.05) is 11.1 Å². The molecule has 7 nitrogen and oxygen atoms in total. The van der Waals surface area contributed by atoms with Crippen molar-refractivity contribution < 1.29 is 28.2 Å². The Morgan fingerprint density at radius 3 is 2.02 bits per heavy atom. The van der Waals surface area contributed by atoms with E-state index in [-0.39, 0.29) is 16.2 Å². The summed E-state index contributed by atoms with van der Waals surface area (Å²) in [4.78, 5) is 26.6. The summed E-state index contributed by atoms with van der Waals surface area (Å²) in [7, 11) is 0.585. The highest BCUT2D eigenvalue weighted by atomic mass is 28.4. The highest BCUT2D eigenvalue weighted by molar-refractivity contribution is 6.74. The number of carbonyl (C=O) groups excluding carboxylic acids is 2. The third-order valence-electron chi connectivity index (χ3n) is 8.92. The van der Waals surface area contributed by atoms with Gasteiger partial charge in [0.05, 0.1) is 37.4 Å². The molecule has 230 valence electrons. The highest BCUT2D eigenvalue weighted by Gasteiger charge is 2.38. The van der Waals surface area contributed by atoms with Gasteiger partial charge in [0.25, 0.3) is 0 Å². The number of methoxy groups -OCH3 is 2. The number of hydrogen-bond donors (Lipinski definition) is 0. The molecule has 8 heteroatoms. The molecule has 5 rings (SSSR count). The number of carbonyl (C=O) groups is 2. The SMILES string of the molecule is CCc1c(-c2ccc(OCc3ccccc3)cc2)c2c(C(=O)OC)c(C(=O)OC)c3ccc(CO[Si](C)(C)C(C)(C)C)c1n32. The first-order valence-electron chi connectivity index (χ1n) is 14.9. The van der Waals surface area contributed by atoms with Crippen molar-refractivity contribution in [1.29, 1.82) is 0 Å². The maximum atomic E-state index is 13.4. The zero-order valence-electron chi connectivity index (χ0n) is 26.9. The van der Waals surface area contributed by atoms with Crippen molar-refractivity contribution in [1.82, 2.24) is 4.40 Å². The minimum atomic E-state index is -2.07. The van der Waals surface area contributed by atoms with Gasteiger partial charge in [-0.3, -0.25) is 0 Å². The predicted molar refractivity (Wildman–Crippen MR) is 176 cm³/mol. The molecule has 0 bridgehead atoms. The molecule has 0 saturated heterocycles. The van der Waals surface area contributed by atoms with E-state index in [1.165, 1.54) is 14.2 Å². The summed E-state index contributed by atoms with van der Waals surface area (Å²) < 4.78 is 25.2. The van der Waals surface area contributed by atoms with Crippen molar-refractivity contribution in [2.75, 3.05) is 14.2 Å². The Labute approximate surface area is 260 Å². The van der Waals surface area contributed by atoms with E-state index in [2.05, 4.69) is 40.8 Å². The molecule has 0 radical (unpaired) electrons. The Balaban J connectivity index is 1.71. The molecule has 0 amide bonds. The van der Waals surface area contributed by atoms with Crippen LogP contribution in [0, 0.1) is 0 Å². The molecular weight excluding hydrogens is 570 g/mol. The molecule has 0 atom stereocenters. The number of pyridine rings is 1. The topological polar surface area (TPSA) is 75.5 Å². The molecule has 0 spiro atoms. The Morgan fingerprint density at radius 2 is 1.43 bits per heavy atom. The van der Waals surface area contributed by atoms with Gasteiger partial charge in [-0.15, -0.1) is 0 Å². The number of aryl methyl sites for hydroxylation is 1. The average molecular weight is 612 g/mol. The third kappa shape index (κ3) is 5.48. The fraction of sp³-hybridized carbons (Fsp3) is 0.333. The van der Waals surface area contributed by atoms with E-state index in [0.717, 1.165) is 39.1 Å². The molecule has 0 aliphatic carbocycles. The van der Waals surface area contributed by atoms with E-state index < -0.39 is 20.3 Å². The van der Waals surface area contributed by atoms with Crippen LogP contribution in [0.5, 0.6) is 5.75 Å². The first-order valence-corrected chi connectivity index (χ1v) is 17.9. The van der Waals surface area contributed by atoms with Crippen LogP contribution in [0.4, 0.5) is 0 Å². The molecule has 0 saturated carbocycles. The van der Waals surface area contributed by atoms with E-state index in [9.17, 15) is 9.59 Å². The number of esters is 2. The van der Waals surface area contributed by atoms with Crippen LogP contribution >= 0.6 is 0 Å². The molecule has 0 aliphatic rings. The quantitative estimate of drug-likeness (QED) is 0.117. The summed E-state index contributed by atoms with van der Waals surface area (Å²) in [6, 6.07) is 21.8. The summed E-state index contributed by atoms with van der Waals surface area (Å²) in [5.41, 5.74) is 7.50.